The number of hydrogen-bond acceptors (Lipinski definition) is 4. The second-order valence-corrected chi connectivity index (χ2v) is 8.22. The maximum absolute atomic E-state index is 13.1. The lowest BCUT2D eigenvalue weighted by molar-refractivity contribution is -0.138. The zero-order valence-corrected chi connectivity index (χ0v) is 15.5. The lowest BCUT2D eigenvalue weighted by atomic mass is 10.0. The summed E-state index contributed by atoms with van der Waals surface area (Å²) < 4.78 is 41.5. The van der Waals surface area contributed by atoms with Gasteiger partial charge in [-0.05, 0) is 47.2 Å². The molecule has 1 N–H and O–H groups in total. The molecule has 3 aromatic rings. The van der Waals surface area contributed by atoms with Gasteiger partial charge in [0.1, 0.15) is 6.33 Å². The highest BCUT2D eigenvalue weighted by Crippen LogP contribution is 2.34. The quantitative estimate of drug-likeness (QED) is 0.543. The summed E-state index contributed by atoms with van der Waals surface area (Å²) in [5.41, 5.74) is 1.28. The van der Waals surface area contributed by atoms with Crippen molar-refractivity contribution in [1.29, 1.82) is 0 Å². The van der Waals surface area contributed by atoms with Crippen molar-refractivity contribution in [3.05, 3.63) is 56.4 Å². The maximum Gasteiger partial charge on any atom is 0.416 e. The van der Waals surface area contributed by atoms with Gasteiger partial charge in [0.15, 0.2) is 0 Å². The SMILES string of the molecule is CC(NCc1ncnc2cc(I)sc12)c1ccccc1C(F)(F)F. The number of hydrogen-bond donors (Lipinski definition) is 1. The summed E-state index contributed by atoms with van der Waals surface area (Å²) in [5.74, 6) is 0. The minimum absolute atomic E-state index is 0.232. The Morgan fingerprint density at radius 1 is 1.25 bits per heavy atom. The van der Waals surface area contributed by atoms with E-state index in [2.05, 4.69) is 37.9 Å². The van der Waals surface area contributed by atoms with Crippen LogP contribution in [0.4, 0.5) is 13.2 Å². The van der Waals surface area contributed by atoms with Crippen LogP contribution in [-0.4, -0.2) is 9.97 Å². The number of nitrogens with zero attached hydrogens (tertiary/aromatic N) is 2. The van der Waals surface area contributed by atoms with E-state index in [0.717, 1.165) is 24.9 Å². The average molecular weight is 463 g/mol. The van der Waals surface area contributed by atoms with Crippen LogP contribution in [0.3, 0.4) is 0 Å². The molecule has 126 valence electrons. The van der Waals surface area contributed by atoms with Crippen molar-refractivity contribution in [2.45, 2.75) is 25.7 Å². The van der Waals surface area contributed by atoms with Crippen molar-refractivity contribution in [2.75, 3.05) is 0 Å². The van der Waals surface area contributed by atoms with Gasteiger partial charge in [-0.1, -0.05) is 18.2 Å². The van der Waals surface area contributed by atoms with Crippen molar-refractivity contribution in [1.82, 2.24) is 15.3 Å². The Kier molecular flexibility index (Phi) is 5.07. The Labute approximate surface area is 154 Å². The van der Waals surface area contributed by atoms with Gasteiger partial charge in [-0.2, -0.15) is 13.2 Å². The van der Waals surface area contributed by atoms with E-state index in [-0.39, 0.29) is 5.56 Å². The van der Waals surface area contributed by atoms with Gasteiger partial charge in [-0.15, -0.1) is 11.3 Å². The van der Waals surface area contributed by atoms with E-state index >= 15 is 0 Å². The molecule has 0 spiro atoms. The number of fused-ring (bicyclic) bond motifs is 1. The monoisotopic (exact) mass is 463 g/mol. The number of alkyl halides is 3. The van der Waals surface area contributed by atoms with Crippen LogP contribution >= 0.6 is 33.9 Å². The smallest absolute Gasteiger partial charge is 0.304 e. The van der Waals surface area contributed by atoms with Crippen molar-refractivity contribution < 1.29 is 13.2 Å². The number of nitrogens with one attached hydrogen (secondary N) is 1. The molecule has 1 aromatic carbocycles. The second kappa shape index (κ2) is 6.93. The Morgan fingerprint density at radius 2 is 2.00 bits per heavy atom. The molecule has 0 saturated carbocycles. The molecule has 1 atom stereocenters. The first kappa shape index (κ1) is 17.6. The predicted molar refractivity (Wildman–Crippen MR) is 96.8 cm³/mol. The third-order valence-electron chi connectivity index (χ3n) is 3.66. The van der Waals surface area contributed by atoms with Crippen LogP contribution < -0.4 is 5.32 Å². The van der Waals surface area contributed by atoms with Crippen LogP contribution in [-0.2, 0) is 12.7 Å². The predicted octanol–water partition coefficient (Wildman–Crippen LogP) is 5.17. The summed E-state index contributed by atoms with van der Waals surface area (Å²) in [6, 6.07) is 7.15. The van der Waals surface area contributed by atoms with E-state index in [1.165, 1.54) is 18.5 Å². The van der Waals surface area contributed by atoms with E-state index in [0.29, 0.717) is 6.54 Å². The molecule has 3 nitrogen and oxygen atoms in total. The minimum atomic E-state index is -4.36. The minimum Gasteiger partial charge on any atom is -0.304 e. The molecule has 0 radical (unpaired) electrons. The maximum atomic E-state index is 13.1. The van der Waals surface area contributed by atoms with E-state index in [1.54, 1.807) is 24.3 Å². The molecule has 3 rings (SSSR count). The fourth-order valence-corrected chi connectivity index (χ4v) is 4.27. The fourth-order valence-electron chi connectivity index (χ4n) is 2.49. The van der Waals surface area contributed by atoms with Crippen LogP contribution in [0.5, 0.6) is 0 Å². The molecule has 2 heterocycles. The summed E-state index contributed by atoms with van der Waals surface area (Å²) in [6.07, 6.45) is -2.88. The van der Waals surface area contributed by atoms with Crippen molar-refractivity contribution >= 4 is 44.1 Å². The average Bonchev–Trinajstić information content (AvgIpc) is 2.92. The highest BCUT2D eigenvalue weighted by molar-refractivity contribution is 14.1. The molecule has 0 aliphatic rings. The molecule has 1 unspecified atom stereocenters. The van der Waals surface area contributed by atoms with Gasteiger partial charge >= 0.3 is 6.18 Å². The topological polar surface area (TPSA) is 37.8 Å². The lowest BCUT2D eigenvalue weighted by Gasteiger charge is -2.19. The number of aromatic nitrogens is 2. The molecular formula is C16H13F3IN3S. The van der Waals surface area contributed by atoms with E-state index in [4.69, 9.17) is 0 Å². The summed E-state index contributed by atoms with van der Waals surface area (Å²) in [5, 5.41) is 3.14. The third-order valence-corrected chi connectivity index (χ3v) is 5.60. The van der Waals surface area contributed by atoms with Gasteiger partial charge in [-0.25, -0.2) is 9.97 Å². The number of benzene rings is 1. The largest absolute Gasteiger partial charge is 0.416 e. The van der Waals surface area contributed by atoms with Crippen molar-refractivity contribution in [3.8, 4) is 0 Å². The van der Waals surface area contributed by atoms with Crippen LogP contribution in [0.2, 0.25) is 0 Å². The van der Waals surface area contributed by atoms with Gasteiger partial charge in [0.05, 0.1) is 24.4 Å². The normalized spacial score (nSPS) is 13.4. The molecule has 8 heteroatoms. The summed E-state index contributed by atoms with van der Waals surface area (Å²) >= 11 is 3.79. The van der Waals surface area contributed by atoms with Crippen LogP contribution in [0, 0.1) is 2.88 Å². The van der Waals surface area contributed by atoms with E-state index < -0.39 is 17.8 Å². The van der Waals surface area contributed by atoms with Crippen molar-refractivity contribution in [2.24, 2.45) is 0 Å². The van der Waals surface area contributed by atoms with Gasteiger partial charge in [-0.3, -0.25) is 0 Å². The van der Waals surface area contributed by atoms with Crippen LogP contribution in [0.1, 0.15) is 29.8 Å². The number of rotatable bonds is 4. The highest BCUT2D eigenvalue weighted by atomic mass is 127. The third kappa shape index (κ3) is 3.70. The van der Waals surface area contributed by atoms with Gasteiger partial charge < -0.3 is 5.32 Å². The van der Waals surface area contributed by atoms with Crippen molar-refractivity contribution in [3.63, 3.8) is 0 Å². The Morgan fingerprint density at radius 3 is 2.75 bits per heavy atom. The fraction of sp³-hybridized carbons (Fsp3) is 0.250. The first-order valence-corrected chi connectivity index (χ1v) is 9.04. The summed E-state index contributed by atoms with van der Waals surface area (Å²) in [7, 11) is 0. The van der Waals surface area contributed by atoms with Crippen LogP contribution in [0.25, 0.3) is 10.2 Å². The molecule has 0 amide bonds. The zero-order valence-electron chi connectivity index (χ0n) is 12.6. The lowest BCUT2D eigenvalue weighted by Crippen LogP contribution is -2.22. The van der Waals surface area contributed by atoms with Gasteiger partial charge in [0.25, 0.3) is 0 Å². The van der Waals surface area contributed by atoms with E-state index in [9.17, 15) is 13.2 Å². The molecule has 0 aliphatic carbocycles. The Hall–Kier alpha value is -1.26. The first-order valence-electron chi connectivity index (χ1n) is 7.14. The summed E-state index contributed by atoms with van der Waals surface area (Å²) in [4.78, 5) is 8.48. The summed E-state index contributed by atoms with van der Waals surface area (Å²) in [6.45, 7) is 2.10. The molecule has 0 fully saturated rings. The molecule has 0 aliphatic heterocycles. The number of halogens is 4. The van der Waals surface area contributed by atoms with E-state index in [1.807, 2.05) is 6.07 Å². The molecule has 2 aromatic heterocycles. The van der Waals surface area contributed by atoms with Gasteiger partial charge in [0.2, 0.25) is 0 Å². The van der Waals surface area contributed by atoms with Gasteiger partial charge in [0, 0.05) is 12.6 Å². The standard InChI is InChI=1S/C16H13F3IN3S/c1-9(10-4-2-3-5-11(10)16(17,18)19)21-7-13-15-12(22-8-23-13)6-14(20)24-15/h2-6,8-9,21H,7H2,1H3. The second-order valence-electron chi connectivity index (χ2n) is 5.27. The number of thiophene rings is 1. The highest BCUT2D eigenvalue weighted by Gasteiger charge is 2.34. The zero-order chi connectivity index (χ0) is 17.3. The molecular weight excluding hydrogens is 450 g/mol. The molecule has 0 saturated heterocycles. The molecule has 0 bridgehead atoms. The van der Waals surface area contributed by atoms with Crippen LogP contribution in [0.15, 0.2) is 36.7 Å². The Balaban J connectivity index is 1.82. The first-order chi connectivity index (χ1) is 11.4. The molecule has 24 heavy (non-hydrogen) atoms. The Bertz CT molecular complexity index is 863.